The second kappa shape index (κ2) is 6.31. The lowest BCUT2D eigenvalue weighted by atomic mass is 10.2. The monoisotopic (exact) mass is 354 g/mol. The minimum absolute atomic E-state index is 0.0714. The third kappa shape index (κ3) is 3.97. The van der Waals surface area contributed by atoms with E-state index in [1.165, 1.54) is 6.07 Å². The molecule has 0 saturated carbocycles. The van der Waals surface area contributed by atoms with Gasteiger partial charge in [-0.3, -0.25) is 0 Å². The van der Waals surface area contributed by atoms with Crippen LogP contribution < -0.4 is 10.6 Å². The Labute approximate surface area is 138 Å². The van der Waals surface area contributed by atoms with E-state index in [9.17, 15) is 17.2 Å². The van der Waals surface area contributed by atoms with E-state index < -0.39 is 21.5 Å². The lowest BCUT2D eigenvalue weighted by molar-refractivity contribution is 0.509. The standard InChI is InChI=1S/C15H16F2N4O2S/c1-9-6-14(19-11-4-5-24(22,23)8-11)21-15(18-9)20-10-2-3-12(16)13(17)7-10/h2-3,6-7,11H,4-5,8H2,1H3,(H2,18,19,20,21). The van der Waals surface area contributed by atoms with Gasteiger partial charge in [-0.2, -0.15) is 4.98 Å². The minimum Gasteiger partial charge on any atom is -0.366 e. The first-order valence-electron chi connectivity index (χ1n) is 7.35. The molecular weight excluding hydrogens is 338 g/mol. The molecular formula is C15H16F2N4O2S. The Kier molecular flexibility index (Phi) is 4.35. The summed E-state index contributed by atoms with van der Waals surface area (Å²) in [5, 5.41) is 5.89. The molecule has 0 amide bonds. The molecule has 24 heavy (non-hydrogen) atoms. The van der Waals surface area contributed by atoms with Gasteiger partial charge in [0.1, 0.15) is 5.82 Å². The number of hydrogen-bond donors (Lipinski definition) is 2. The molecule has 1 aromatic carbocycles. The van der Waals surface area contributed by atoms with Crippen molar-refractivity contribution in [3.63, 3.8) is 0 Å². The number of nitrogens with zero attached hydrogens (tertiary/aromatic N) is 2. The van der Waals surface area contributed by atoms with Gasteiger partial charge in [0.2, 0.25) is 5.95 Å². The number of aromatic nitrogens is 2. The number of nitrogens with one attached hydrogen (secondary N) is 2. The third-order valence-corrected chi connectivity index (χ3v) is 5.38. The van der Waals surface area contributed by atoms with Crippen molar-refractivity contribution in [1.29, 1.82) is 0 Å². The molecule has 1 aromatic heterocycles. The van der Waals surface area contributed by atoms with Gasteiger partial charge >= 0.3 is 0 Å². The van der Waals surface area contributed by atoms with Crippen molar-refractivity contribution in [1.82, 2.24) is 9.97 Å². The van der Waals surface area contributed by atoms with Gasteiger partial charge in [0.05, 0.1) is 11.5 Å². The van der Waals surface area contributed by atoms with Crippen LogP contribution in [0.15, 0.2) is 24.3 Å². The average molecular weight is 354 g/mol. The summed E-state index contributed by atoms with van der Waals surface area (Å²) >= 11 is 0. The van der Waals surface area contributed by atoms with E-state index in [0.29, 0.717) is 23.6 Å². The van der Waals surface area contributed by atoms with Crippen molar-refractivity contribution in [3.05, 3.63) is 41.6 Å². The van der Waals surface area contributed by atoms with Crippen LogP contribution >= 0.6 is 0 Å². The van der Waals surface area contributed by atoms with Crippen LogP contribution in [0, 0.1) is 18.6 Å². The Balaban J connectivity index is 1.77. The maximum absolute atomic E-state index is 13.3. The summed E-state index contributed by atoms with van der Waals surface area (Å²) in [6.07, 6.45) is 0.525. The summed E-state index contributed by atoms with van der Waals surface area (Å²) in [4.78, 5) is 8.44. The highest BCUT2D eigenvalue weighted by molar-refractivity contribution is 7.91. The van der Waals surface area contributed by atoms with E-state index in [2.05, 4.69) is 20.6 Å². The maximum atomic E-state index is 13.3. The fraction of sp³-hybridized carbons (Fsp3) is 0.333. The van der Waals surface area contributed by atoms with E-state index >= 15 is 0 Å². The maximum Gasteiger partial charge on any atom is 0.229 e. The highest BCUT2D eigenvalue weighted by atomic mass is 32.2. The summed E-state index contributed by atoms with van der Waals surface area (Å²) in [5.41, 5.74) is 0.965. The van der Waals surface area contributed by atoms with Crippen molar-refractivity contribution in [2.75, 3.05) is 22.1 Å². The first-order chi connectivity index (χ1) is 11.3. The van der Waals surface area contributed by atoms with Crippen molar-refractivity contribution < 1.29 is 17.2 Å². The molecule has 2 N–H and O–H groups in total. The second-order valence-corrected chi connectivity index (χ2v) is 7.95. The topological polar surface area (TPSA) is 84.0 Å². The van der Waals surface area contributed by atoms with E-state index in [1.807, 2.05) is 0 Å². The zero-order valence-corrected chi connectivity index (χ0v) is 13.7. The Morgan fingerprint density at radius 2 is 1.96 bits per heavy atom. The SMILES string of the molecule is Cc1cc(NC2CCS(=O)(=O)C2)nc(Nc2ccc(F)c(F)c2)n1. The molecule has 2 heterocycles. The van der Waals surface area contributed by atoms with Gasteiger partial charge in [-0.1, -0.05) is 0 Å². The van der Waals surface area contributed by atoms with Gasteiger partial charge in [0.25, 0.3) is 0 Å². The fourth-order valence-corrected chi connectivity index (χ4v) is 4.19. The van der Waals surface area contributed by atoms with Crippen LogP contribution in [0.2, 0.25) is 0 Å². The number of anilines is 3. The van der Waals surface area contributed by atoms with E-state index in [0.717, 1.165) is 12.1 Å². The highest BCUT2D eigenvalue weighted by Crippen LogP contribution is 2.20. The zero-order valence-electron chi connectivity index (χ0n) is 12.9. The van der Waals surface area contributed by atoms with Gasteiger partial charge < -0.3 is 10.6 Å². The van der Waals surface area contributed by atoms with Crippen LogP contribution in [0.1, 0.15) is 12.1 Å². The molecule has 1 fully saturated rings. The van der Waals surface area contributed by atoms with Crippen molar-refractivity contribution >= 4 is 27.3 Å². The quantitative estimate of drug-likeness (QED) is 0.877. The molecule has 3 rings (SSSR count). The summed E-state index contributed by atoms with van der Waals surface area (Å²) in [6.45, 7) is 1.76. The Morgan fingerprint density at radius 1 is 1.17 bits per heavy atom. The summed E-state index contributed by atoms with van der Waals surface area (Å²) in [7, 11) is -2.99. The summed E-state index contributed by atoms with van der Waals surface area (Å²) < 4.78 is 49.3. The molecule has 0 radical (unpaired) electrons. The van der Waals surface area contributed by atoms with Crippen molar-refractivity contribution in [2.45, 2.75) is 19.4 Å². The van der Waals surface area contributed by atoms with Gasteiger partial charge in [-0.05, 0) is 25.5 Å². The highest BCUT2D eigenvalue weighted by Gasteiger charge is 2.28. The van der Waals surface area contributed by atoms with Crippen LogP contribution in [0.4, 0.5) is 26.2 Å². The van der Waals surface area contributed by atoms with E-state index in [-0.39, 0.29) is 23.5 Å². The molecule has 1 unspecified atom stereocenters. The van der Waals surface area contributed by atoms with Crippen molar-refractivity contribution in [3.8, 4) is 0 Å². The number of benzene rings is 1. The molecule has 128 valence electrons. The second-order valence-electron chi connectivity index (χ2n) is 5.72. The van der Waals surface area contributed by atoms with E-state index in [4.69, 9.17) is 0 Å². The first-order valence-corrected chi connectivity index (χ1v) is 9.17. The van der Waals surface area contributed by atoms with Crippen LogP contribution in [-0.2, 0) is 9.84 Å². The molecule has 0 spiro atoms. The molecule has 0 aliphatic carbocycles. The van der Waals surface area contributed by atoms with Gasteiger partial charge in [-0.25, -0.2) is 22.2 Å². The minimum atomic E-state index is -2.99. The molecule has 2 aromatic rings. The van der Waals surface area contributed by atoms with Crippen LogP contribution in [0.5, 0.6) is 0 Å². The number of hydrogen-bond acceptors (Lipinski definition) is 6. The first kappa shape index (κ1) is 16.6. The fourth-order valence-electron chi connectivity index (χ4n) is 2.52. The molecule has 1 saturated heterocycles. The summed E-state index contributed by atoms with van der Waals surface area (Å²) in [5.74, 6) is -0.979. The van der Waals surface area contributed by atoms with E-state index in [1.54, 1.807) is 13.0 Å². The number of aryl methyl sites for hydroxylation is 1. The van der Waals surface area contributed by atoms with Gasteiger partial charge in [-0.15, -0.1) is 0 Å². The Hall–Kier alpha value is -2.29. The molecule has 1 aliphatic rings. The normalized spacial score (nSPS) is 19.2. The van der Waals surface area contributed by atoms with Crippen LogP contribution in [-0.4, -0.2) is 35.9 Å². The predicted octanol–water partition coefficient (Wildman–Crippen LogP) is 2.41. The van der Waals surface area contributed by atoms with Crippen LogP contribution in [0.3, 0.4) is 0 Å². The Morgan fingerprint density at radius 3 is 2.62 bits per heavy atom. The molecule has 0 bridgehead atoms. The van der Waals surface area contributed by atoms with Crippen LogP contribution in [0.25, 0.3) is 0 Å². The predicted molar refractivity (Wildman–Crippen MR) is 87.1 cm³/mol. The Bertz CT molecular complexity index is 874. The third-order valence-electron chi connectivity index (χ3n) is 3.61. The number of halogens is 2. The summed E-state index contributed by atoms with van der Waals surface area (Å²) in [6, 6.07) is 4.90. The lowest BCUT2D eigenvalue weighted by Gasteiger charge is -2.13. The van der Waals surface area contributed by atoms with Gasteiger partial charge in [0, 0.05) is 29.6 Å². The molecule has 6 nitrogen and oxygen atoms in total. The number of sulfone groups is 1. The largest absolute Gasteiger partial charge is 0.366 e. The van der Waals surface area contributed by atoms with Crippen molar-refractivity contribution in [2.24, 2.45) is 0 Å². The molecule has 1 aliphatic heterocycles. The zero-order chi connectivity index (χ0) is 17.3. The molecule has 1 atom stereocenters. The molecule has 9 heteroatoms. The smallest absolute Gasteiger partial charge is 0.229 e. The number of rotatable bonds is 4. The average Bonchev–Trinajstić information content (AvgIpc) is 2.81. The lowest BCUT2D eigenvalue weighted by Crippen LogP contribution is -2.21. The van der Waals surface area contributed by atoms with Gasteiger partial charge in [0.15, 0.2) is 21.5 Å².